The van der Waals surface area contributed by atoms with E-state index in [1.165, 1.54) is 35.6 Å². The summed E-state index contributed by atoms with van der Waals surface area (Å²) in [7, 11) is 0. The third kappa shape index (κ3) is 5.36. The number of fused-ring (bicyclic) bond motifs is 1. The van der Waals surface area contributed by atoms with Crippen LogP contribution in [0.3, 0.4) is 0 Å². The Balaban J connectivity index is 1.68. The van der Waals surface area contributed by atoms with E-state index >= 15 is 0 Å². The maximum atomic E-state index is 14.6. The third-order valence-electron chi connectivity index (χ3n) is 5.38. The predicted molar refractivity (Wildman–Crippen MR) is 116 cm³/mol. The molecule has 0 saturated heterocycles. The van der Waals surface area contributed by atoms with E-state index in [-0.39, 0.29) is 47.0 Å². The third-order valence-corrected chi connectivity index (χ3v) is 5.62. The molecule has 0 aliphatic carbocycles. The van der Waals surface area contributed by atoms with Crippen LogP contribution in [0.4, 0.5) is 13.6 Å². The van der Waals surface area contributed by atoms with E-state index in [1.807, 2.05) is 0 Å². The van der Waals surface area contributed by atoms with E-state index in [0.717, 1.165) is 6.07 Å². The van der Waals surface area contributed by atoms with Crippen molar-refractivity contribution in [3.05, 3.63) is 81.2 Å². The van der Waals surface area contributed by atoms with Crippen LogP contribution in [-0.2, 0) is 27.4 Å². The van der Waals surface area contributed by atoms with E-state index < -0.39 is 36.4 Å². The highest BCUT2D eigenvalue weighted by Gasteiger charge is 2.36. The molecule has 2 aromatic carbocycles. The first-order chi connectivity index (χ1) is 16.7. The Kier molecular flexibility index (Phi) is 7.17. The molecule has 0 amide bonds. The van der Waals surface area contributed by atoms with Gasteiger partial charge in [-0.2, -0.15) is 0 Å². The average molecular weight is 509 g/mol. The van der Waals surface area contributed by atoms with Gasteiger partial charge in [0.25, 0.3) is 0 Å². The maximum Gasteiger partial charge on any atom is 0.528 e. The van der Waals surface area contributed by atoms with Crippen LogP contribution in [0.2, 0.25) is 5.02 Å². The summed E-state index contributed by atoms with van der Waals surface area (Å²) in [5.74, 6) is -3.15. The Labute approximate surface area is 202 Å². The van der Waals surface area contributed by atoms with Crippen LogP contribution in [0.1, 0.15) is 34.0 Å². The summed E-state index contributed by atoms with van der Waals surface area (Å²) in [6, 6.07) is 5.71. The van der Waals surface area contributed by atoms with E-state index in [0.29, 0.717) is 11.3 Å². The number of carboxylic acid groups (broad SMARTS) is 1. The fourth-order valence-electron chi connectivity index (χ4n) is 3.75. The Morgan fingerprint density at radius 1 is 1.26 bits per heavy atom. The average Bonchev–Trinajstić information content (AvgIpc) is 3.23. The van der Waals surface area contributed by atoms with Crippen molar-refractivity contribution < 1.29 is 42.3 Å². The lowest BCUT2D eigenvalue weighted by Crippen LogP contribution is -2.38. The van der Waals surface area contributed by atoms with Gasteiger partial charge in [-0.1, -0.05) is 22.8 Å². The van der Waals surface area contributed by atoms with Gasteiger partial charge in [-0.3, -0.25) is 0 Å². The standard InChI is InChI=1S/C23H19ClF2N2O7/c1-12-9-34-27-18(12)10-33-23(31)35-28-7-6-14-15(3-4-17(25)21(14)26)22(28)16-8-13(24)2-5-19(16)32-11-20(29)30/h2-5,8-9,22H,6-7,10-11H2,1H3,(H,29,30)/t22-/m0/s1. The Bertz CT molecular complexity index is 1270. The van der Waals surface area contributed by atoms with Gasteiger partial charge in [-0.25, -0.2) is 18.4 Å². The van der Waals surface area contributed by atoms with E-state index in [4.69, 9.17) is 35.5 Å². The zero-order valence-corrected chi connectivity index (χ0v) is 19.1. The molecule has 12 heteroatoms. The van der Waals surface area contributed by atoms with E-state index in [1.54, 1.807) is 6.92 Å². The lowest BCUT2D eigenvalue weighted by molar-refractivity contribution is -0.153. The molecular weight excluding hydrogens is 490 g/mol. The molecule has 35 heavy (non-hydrogen) atoms. The van der Waals surface area contributed by atoms with Gasteiger partial charge in [0.2, 0.25) is 0 Å². The van der Waals surface area contributed by atoms with Gasteiger partial charge in [0, 0.05) is 22.7 Å². The van der Waals surface area contributed by atoms with E-state index in [9.17, 15) is 18.4 Å². The van der Waals surface area contributed by atoms with Crippen LogP contribution in [0.15, 0.2) is 41.1 Å². The number of carbonyl (C=O) groups excluding carboxylic acids is 1. The topological polar surface area (TPSA) is 111 Å². The molecule has 0 saturated carbocycles. The second kappa shape index (κ2) is 10.3. The number of rotatable bonds is 7. The number of hydrogen-bond acceptors (Lipinski definition) is 8. The Hall–Kier alpha value is -3.70. The van der Waals surface area contributed by atoms with Gasteiger partial charge >= 0.3 is 12.1 Å². The van der Waals surface area contributed by atoms with Crippen molar-refractivity contribution in [2.45, 2.75) is 26.0 Å². The van der Waals surface area contributed by atoms with Crippen LogP contribution < -0.4 is 4.74 Å². The van der Waals surface area contributed by atoms with Crippen molar-refractivity contribution in [1.29, 1.82) is 0 Å². The summed E-state index contributed by atoms with van der Waals surface area (Å²) in [5.41, 5.74) is 1.74. The Morgan fingerprint density at radius 3 is 2.77 bits per heavy atom. The summed E-state index contributed by atoms with van der Waals surface area (Å²) in [4.78, 5) is 29.0. The second-order valence-corrected chi connectivity index (χ2v) is 8.10. The minimum atomic E-state index is -1.22. The molecule has 0 bridgehead atoms. The first-order valence-electron chi connectivity index (χ1n) is 10.4. The molecule has 1 atom stereocenters. The summed E-state index contributed by atoms with van der Waals surface area (Å²) >= 11 is 6.18. The minimum absolute atomic E-state index is 0.0248. The number of hydrogen-bond donors (Lipinski definition) is 1. The number of carbonyl (C=O) groups is 2. The number of ether oxygens (including phenoxy) is 2. The first-order valence-corrected chi connectivity index (χ1v) is 10.7. The molecule has 1 aliphatic rings. The second-order valence-electron chi connectivity index (χ2n) is 7.66. The zero-order chi connectivity index (χ0) is 25.1. The van der Waals surface area contributed by atoms with E-state index in [2.05, 4.69) is 5.16 Å². The molecule has 1 N–H and O–H groups in total. The highest BCUT2D eigenvalue weighted by molar-refractivity contribution is 6.30. The molecule has 184 valence electrons. The van der Waals surface area contributed by atoms with Gasteiger partial charge in [0.15, 0.2) is 18.2 Å². The van der Waals surface area contributed by atoms with Gasteiger partial charge in [-0.05, 0) is 48.7 Å². The summed E-state index contributed by atoms with van der Waals surface area (Å²) < 4.78 is 43.9. The first kappa shape index (κ1) is 24.4. The number of hydroxylamine groups is 2. The smallest absolute Gasteiger partial charge is 0.482 e. The van der Waals surface area contributed by atoms with Crippen LogP contribution >= 0.6 is 11.6 Å². The molecule has 3 aromatic rings. The molecule has 0 unspecified atom stereocenters. The molecule has 2 heterocycles. The quantitative estimate of drug-likeness (QED) is 0.458. The van der Waals surface area contributed by atoms with Gasteiger partial charge in [0.1, 0.15) is 30.4 Å². The number of aromatic nitrogens is 1. The van der Waals surface area contributed by atoms with Crippen molar-refractivity contribution >= 4 is 23.7 Å². The van der Waals surface area contributed by atoms with Crippen molar-refractivity contribution in [2.24, 2.45) is 0 Å². The predicted octanol–water partition coefficient (Wildman–Crippen LogP) is 4.59. The Morgan fingerprint density at radius 2 is 2.06 bits per heavy atom. The van der Waals surface area contributed by atoms with Crippen molar-refractivity contribution in [1.82, 2.24) is 10.2 Å². The summed E-state index contributed by atoms with van der Waals surface area (Å²) in [5, 5.41) is 14.2. The number of aryl methyl sites for hydroxylation is 1. The van der Waals surface area contributed by atoms with Crippen LogP contribution in [0, 0.1) is 18.6 Å². The van der Waals surface area contributed by atoms with Crippen molar-refractivity contribution in [2.75, 3.05) is 13.2 Å². The highest BCUT2D eigenvalue weighted by Crippen LogP contribution is 2.41. The van der Waals surface area contributed by atoms with Crippen molar-refractivity contribution in [3.63, 3.8) is 0 Å². The molecule has 9 nitrogen and oxygen atoms in total. The fourth-order valence-corrected chi connectivity index (χ4v) is 3.93. The monoisotopic (exact) mass is 508 g/mol. The van der Waals surface area contributed by atoms with Gasteiger partial charge in [0.05, 0.1) is 0 Å². The molecule has 0 radical (unpaired) electrons. The van der Waals surface area contributed by atoms with Crippen LogP contribution in [0.25, 0.3) is 0 Å². The highest BCUT2D eigenvalue weighted by atomic mass is 35.5. The largest absolute Gasteiger partial charge is 0.528 e. The number of nitrogens with zero attached hydrogens (tertiary/aromatic N) is 2. The lowest BCUT2D eigenvalue weighted by atomic mass is 9.88. The van der Waals surface area contributed by atoms with Crippen LogP contribution in [-0.4, -0.2) is 40.6 Å². The summed E-state index contributed by atoms with van der Waals surface area (Å²) in [6.45, 7) is 0.830. The zero-order valence-electron chi connectivity index (χ0n) is 18.3. The van der Waals surface area contributed by atoms with Crippen LogP contribution in [0.5, 0.6) is 5.75 Å². The maximum absolute atomic E-state index is 14.6. The number of halogens is 3. The molecule has 1 aliphatic heterocycles. The van der Waals surface area contributed by atoms with Crippen molar-refractivity contribution in [3.8, 4) is 5.75 Å². The minimum Gasteiger partial charge on any atom is -0.482 e. The molecule has 0 spiro atoms. The number of carboxylic acids is 1. The number of benzene rings is 2. The number of aliphatic carboxylic acids is 1. The fraction of sp³-hybridized carbons (Fsp3) is 0.261. The van der Waals surface area contributed by atoms with Gasteiger partial charge < -0.3 is 23.9 Å². The molecule has 1 aromatic heterocycles. The molecule has 0 fully saturated rings. The molecule has 4 rings (SSSR count). The lowest BCUT2D eigenvalue weighted by Gasteiger charge is -2.36. The SMILES string of the molecule is Cc1conc1COC(=O)ON1CCc2c(ccc(F)c2F)[C@H]1c1cc(Cl)ccc1OCC(=O)O. The van der Waals surface area contributed by atoms with Gasteiger partial charge in [-0.15, -0.1) is 5.06 Å². The molecular formula is C23H19ClF2N2O7. The normalized spacial score (nSPS) is 15.4. The summed E-state index contributed by atoms with van der Waals surface area (Å²) in [6.07, 6.45) is 0.350.